The molecule has 2 fully saturated rings. The van der Waals surface area contributed by atoms with Crippen LogP contribution in [0.3, 0.4) is 0 Å². The summed E-state index contributed by atoms with van der Waals surface area (Å²) in [7, 11) is 3.12. The van der Waals surface area contributed by atoms with E-state index in [0.717, 1.165) is 40.5 Å². The molecule has 0 spiro atoms. The average molecular weight is 558 g/mol. The molecule has 0 saturated carbocycles. The van der Waals surface area contributed by atoms with Crippen LogP contribution in [-0.4, -0.2) is 61.2 Å². The van der Waals surface area contributed by atoms with E-state index in [1.165, 1.54) is 18.0 Å². The van der Waals surface area contributed by atoms with Crippen molar-refractivity contribution in [2.24, 2.45) is 19.8 Å². The lowest BCUT2D eigenvalue weighted by molar-refractivity contribution is -0.132. The highest BCUT2D eigenvalue weighted by molar-refractivity contribution is 9.10. The summed E-state index contributed by atoms with van der Waals surface area (Å²) >= 11 is 3.47. The summed E-state index contributed by atoms with van der Waals surface area (Å²) in [4.78, 5) is 47.8. The third-order valence-electron chi connectivity index (χ3n) is 7.88. The Morgan fingerprint density at radius 1 is 1.00 bits per heavy atom. The molecule has 2 aliphatic rings. The van der Waals surface area contributed by atoms with Crippen LogP contribution >= 0.6 is 15.9 Å². The van der Waals surface area contributed by atoms with Gasteiger partial charge in [0.15, 0.2) is 11.2 Å². The zero-order valence-corrected chi connectivity index (χ0v) is 22.3. The second-order valence-corrected chi connectivity index (χ2v) is 10.8. The van der Waals surface area contributed by atoms with Crippen molar-refractivity contribution >= 4 is 38.9 Å². The Bertz CT molecular complexity index is 1410. The number of carbonyl (C=O) groups excluding carboxylic acids is 1. The van der Waals surface area contributed by atoms with Crippen molar-refractivity contribution < 1.29 is 4.79 Å². The van der Waals surface area contributed by atoms with Gasteiger partial charge in [-0.15, -0.1) is 0 Å². The molecule has 5 rings (SSSR count). The van der Waals surface area contributed by atoms with Gasteiger partial charge in [-0.3, -0.25) is 28.2 Å². The Morgan fingerprint density at radius 3 is 2.25 bits per heavy atom. The second-order valence-electron chi connectivity index (χ2n) is 9.93. The first-order valence-electron chi connectivity index (χ1n) is 12.4. The number of piperidine rings is 2. The van der Waals surface area contributed by atoms with Crippen LogP contribution < -0.4 is 21.9 Å². The molecule has 2 N–H and O–H groups in total. The number of hydrogen-bond acceptors (Lipinski definition) is 6. The van der Waals surface area contributed by atoms with Gasteiger partial charge < -0.3 is 10.6 Å². The Kier molecular flexibility index (Phi) is 6.54. The molecule has 11 heteroatoms. The van der Waals surface area contributed by atoms with Crippen molar-refractivity contribution in [2.45, 2.75) is 44.2 Å². The number of fused-ring (bicyclic) bond motifs is 1. The predicted octanol–water partition coefficient (Wildman–Crippen LogP) is 1.55. The monoisotopic (exact) mass is 557 g/mol. The Balaban J connectivity index is 1.56. The number of aryl methyl sites for hydroxylation is 1. The molecule has 10 nitrogen and oxygen atoms in total. The topological polar surface area (TPSA) is 111 Å². The second kappa shape index (κ2) is 9.51. The molecular weight excluding hydrogens is 526 g/mol. The molecule has 1 amide bonds. The first-order chi connectivity index (χ1) is 17.2. The summed E-state index contributed by atoms with van der Waals surface area (Å²) in [6, 6.07) is 7.92. The fraction of sp³-hybridized carbons (Fsp3) is 0.520. The highest BCUT2D eigenvalue weighted by atomic mass is 79.9. The average Bonchev–Trinajstić information content (AvgIpc) is 3.27. The number of nitrogens with two attached hydrogens (primary N) is 1. The highest BCUT2D eigenvalue weighted by Crippen LogP contribution is 2.34. The SMILES string of the molecule is Cn1c(=O)c2c(nc(N3CCC(C(N)=O)(N4CCCCC4)CC3)n2Cc2ccc(Br)cc2)n(C)c1=O. The van der Waals surface area contributed by atoms with Crippen molar-refractivity contribution in [1.29, 1.82) is 0 Å². The van der Waals surface area contributed by atoms with Crippen molar-refractivity contribution in [3.63, 3.8) is 0 Å². The van der Waals surface area contributed by atoms with Crippen LogP contribution in [-0.2, 0) is 25.4 Å². The van der Waals surface area contributed by atoms with Gasteiger partial charge in [0, 0.05) is 31.7 Å². The maximum absolute atomic E-state index is 13.3. The Labute approximate surface area is 217 Å². The molecular formula is C25H32BrN7O3. The third-order valence-corrected chi connectivity index (χ3v) is 8.40. The van der Waals surface area contributed by atoms with Crippen LogP contribution in [0.5, 0.6) is 0 Å². The number of rotatable bonds is 5. The molecule has 0 atom stereocenters. The molecule has 36 heavy (non-hydrogen) atoms. The van der Waals surface area contributed by atoms with Crippen LogP contribution in [0.1, 0.15) is 37.7 Å². The van der Waals surface area contributed by atoms with Crippen molar-refractivity contribution in [1.82, 2.24) is 23.6 Å². The molecule has 4 heterocycles. The minimum atomic E-state index is -0.650. The first-order valence-corrected chi connectivity index (χ1v) is 13.2. The quantitative estimate of drug-likeness (QED) is 0.509. The van der Waals surface area contributed by atoms with Gasteiger partial charge in [-0.05, 0) is 56.5 Å². The van der Waals surface area contributed by atoms with E-state index < -0.39 is 11.2 Å². The summed E-state index contributed by atoms with van der Waals surface area (Å²) in [5, 5.41) is 0. The lowest BCUT2D eigenvalue weighted by Gasteiger charge is -2.48. The lowest BCUT2D eigenvalue weighted by atomic mass is 9.83. The molecule has 2 aromatic heterocycles. The molecule has 0 radical (unpaired) electrons. The number of carbonyl (C=O) groups is 1. The van der Waals surface area contributed by atoms with Gasteiger partial charge in [-0.2, -0.15) is 4.98 Å². The molecule has 1 aromatic carbocycles. The Hall–Kier alpha value is -2.92. The predicted molar refractivity (Wildman–Crippen MR) is 142 cm³/mol. The van der Waals surface area contributed by atoms with Crippen molar-refractivity contribution in [3.05, 3.63) is 55.1 Å². The third kappa shape index (κ3) is 4.07. The van der Waals surface area contributed by atoms with E-state index in [4.69, 9.17) is 10.7 Å². The number of aromatic nitrogens is 4. The van der Waals surface area contributed by atoms with Gasteiger partial charge in [0.05, 0.1) is 6.54 Å². The van der Waals surface area contributed by atoms with Crippen molar-refractivity contribution in [3.8, 4) is 0 Å². The lowest BCUT2D eigenvalue weighted by Crippen LogP contribution is -2.63. The number of nitrogens with zero attached hydrogens (tertiary/aromatic N) is 6. The van der Waals surface area contributed by atoms with E-state index in [2.05, 4.69) is 25.7 Å². The van der Waals surface area contributed by atoms with E-state index >= 15 is 0 Å². The summed E-state index contributed by atoms with van der Waals surface area (Å²) in [5.74, 6) is 0.367. The van der Waals surface area contributed by atoms with Gasteiger partial charge in [-0.1, -0.05) is 34.5 Å². The fourth-order valence-corrected chi connectivity index (χ4v) is 5.98. The number of halogens is 1. The van der Waals surface area contributed by atoms with E-state index in [0.29, 0.717) is 49.6 Å². The van der Waals surface area contributed by atoms with Gasteiger partial charge in [0.1, 0.15) is 5.54 Å². The number of likely N-dealkylation sites (tertiary alicyclic amines) is 1. The van der Waals surface area contributed by atoms with Crippen LogP contribution in [0.2, 0.25) is 0 Å². The number of anilines is 1. The normalized spacial score (nSPS) is 18.6. The summed E-state index contributed by atoms with van der Waals surface area (Å²) in [5.41, 5.74) is 6.31. The van der Waals surface area contributed by atoms with E-state index in [1.54, 1.807) is 7.05 Å². The number of hydrogen-bond donors (Lipinski definition) is 1. The highest BCUT2D eigenvalue weighted by Gasteiger charge is 2.45. The summed E-state index contributed by atoms with van der Waals surface area (Å²) in [6.45, 7) is 3.37. The minimum Gasteiger partial charge on any atom is -0.368 e. The molecule has 3 aromatic rings. The van der Waals surface area contributed by atoms with Crippen LogP contribution in [0.25, 0.3) is 11.2 Å². The standard InChI is InChI=1S/C25H32BrN7O3/c1-29-20-19(21(34)30(2)24(29)36)33(16-17-6-8-18(26)9-7-17)23(28-20)31-14-10-25(11-15-31,22(27)35)32-12-4-3-5-13-32/h6-9H,3-5,10-16H2,1-2H3,(H2,27,35). The number of benzene rings is 1. The molecule has 192 valence electrons. The zero-order chi connectivity index (χ0) is 25.6. The minimum absolute atomic E-state index is 0.260. The van der Waals surface area contributed by atoms with E-state index in [9.17, 15) is 14.4 Å². The van der Waals surface area contributed by atoms with Gasteiger partial charge in [0.2, 0.25) is 11.9 Å². The van der Waals surface area contributed by atoms with Crippen molar-refractivity contribution in [2.75, 3.05) is 31.1 Å². The molecule has 0 aliphatic carbocycles. The van der Waals surface area contributed by atoms with Gasteiger partial charge in [-0.25, -0.2) is 4.79 Å². The number of primary amides is 1. The first kappa shape index (κ1) is 24.8. The fourth-order valence-electron chi connectivity index (χ4n) is 5.72. The largest absolute Gasteiger partial charge is 0.368 e. The molecule has 0 bridgehead atoms. The van der Waals surface area contributed by atoms with Crippen LogP contribution in [0.15, 0.2) is 38.3 Å². The maximum atomic E-state index is 13.3. The van der Waals surface area contributed by atoms with Gasteiger partial charge in [0.25, 0.3) is 5.56 Å². The number of imidazole rings is 1. The summed E-state index contributed by atoms with van der Waals surface area (Å²) in [6.07, 6.45) is 4.55. The van der Waals surface area contributed by atoms with E-state index in [-0.39, 0.29) is 11.5 Å². The molecule has 2 aliphatic heterocycles. The van der Waals surface area contributed by atoms with Crippen LogP contribution in [0, 0.1) is 0 Å². The zero-order valence-electron chi connectivity index (χ0n) is 20.7. The summed E-state index contributed by atoms with van der Waals surface area (Å²) < 4.78 is 5.41. The maximum Gasteiger partial charge on any atom is 0.332 e. The Morgan fingerprint density at radius 2 is 1.64 bits per heavy atom. The molecule has 0 unspecified atom stereocenters. The smallest absolute Gasteiger partial charge is 0.332 e. The van der Waals surface area contributed by atoms with Crippen LogP contribution in [0.4, 0.5) is 5.95 Å². The van der Waals surface area contributed by atoms with E-state index in [1.807, 2.05) is 28.8 Å². The van der Waals surface area contributed by atoms with Gasteiger partial charge >= 0.3 is 5.69 Å². The molecule has 2 saturated heterocycles. The number of amides is 1.